The number of esters is 1. The van der Waals surface area contributed by atoms with E-state index in [9.17, 15) is 19.4 Å². The molecule has 1 unspecified atom stereocenters. The standard InChI is InChI=1S/C21H44NO7P.C6H15N/c1-2-3-4-5-6-7-8-9-10-11-12-13-14-15-21(24)27-18-20(23)19-29-30(25,26)28-17-16-22;1-4-7(5-2)6-3/h20,23H,2-19,22H2,1H3,(H,25,26);4-6H2,1-3H3/t20-;/m1./s1. The molecule has 9 nitrogen and oxygen atoms in total. The van der Waals surface area contributed by atoms with Crippen molar-refractivity contribution < 1.29 is 33.1 Å². The van der Waals surface area contributed by atoms with E-state index in [1.165, 1.54) is 83.8 Å². The van der Waals surface area contributed by atoms with E-state index in [-0.39, 0.29) is 25.7 Å². The zero-order chi connectivity index (χ0) is 28.2. The zero-order valence-electron chi connectivity index (χ0n) is 24.3. The summed E-state index contributed by atoms with van der Waals surface area (Å²) in [6.45, 7) is 11.6. The van der Waals surface area contributed by atoms with E-state index < -0.39 is 20.5 Å². The van der Waals surface area contributed by atoms with E-state index in [0.717, 1.165) is 19.3 Å². The molecule has 0 aromatic rings. The summed E-state index contributed by atoms with van der Waals surface area (Å²) in [6.07, 6.45) is 15.2. The largest absolute Gasteiger partial charge is 0.472 e. The van der Waals surface area contributed by atoms with Gasteiger partial charge in [-0.05, 0) is 26.1 Å². The summed E-state index contributed by atoms with van der Waals surface area (Å²) in [5.41, 5.74) is 5.16. The van der Waals surface area contributed by atoms with Crippen LogP contribution in [-0.2, 0) is 23.1 Å². The SMILES string of the molecule is CCCCCCCCCCCCCCCC(=O)OC[C@@H](O)COP(=O)(O)OCCN.CCN(CC)CC. The lowest BCUT2D eigenvalue weighted by molar-refractivity contribution is -0.147. The number of hydrogen-bond acceptors (Lipinski definition) is 8. The molecule has 0 radical (unpaired) electrons. The highest BCUT2D eigenvalue weighted by Crippen LogP contribution is 2.42. The second-order valence-corrected chi connectivity index (χ2v) is 10.8. The van der Waals surface area contributed by atoms with Crippen molar-refractivity contribution in [2.45, 2.75) is 124 Å². The Morgan fingerprint density at radius 3 is 1.65 bits per heavy atom. The Kier molecular flexibility index (Phi) is 29.7. The molecule has 0 rings (SSSR count). The van der Waals surface area contributed by atoms with Crippen molar-refractivity contribution in [2.75, 3.05) is 46.0 Å². The highest BCUT2D eigenvalue weighted by atomic mass is 31.2. The van der Waals surface area contributed by atoms with Gasteiger partial charge in [0.2, 0.25) is 0 Å². The summed E-state index contributed by atoms with van der Waals surface area (Å²) in [4.78, 5) is 23.3. The monoisotopic (exact) mass is 554 g/mol. The summed E-state index contributed by atoms with van der Waals surface area (Å²) in [5, 5.41) is 9.66. The quantitative estimate of drug-likeness (QED) is 0.0726. The van der Waals surface area contributed by atoms with Crippen molar-refractivity contribution in [3.63, 3.8) is 0 Å². The number of aliphatic hydroxyl groups is 1. The number of aliphatic hydroxyl groups excluding tert-OH is 1. The van der Waals surface area contributed by atoms with E-state index in [0.29, 0.717) is 6.42 Å². The first-order valence-electron chi connectivity index (χ1n) is 14.6. The summed E-state index contributed by atoms with van der Waals surface area (Å²) < 4.78 is 25.5. The number of hydrogen-bond donors (Lipinski definition) is 3. The Labute approximate surface area is 227 Å². The van der Waals surface area contributed by atoms with Crippen molar-refractivity contribution in [3.8, 4) is 0 Å². The first-order valence-corrected chi connectivity index (χ1v) is 16.1. The molecule has 4 N–H and O–H groups in total. The van der Waals surface area contributed by atoms with Gasteiger partial charge in [-0.15, -0.1) is 0 Å². The minimum absolute atomic E-state index is 0.0767. The maximum atomic E-state index is 11.7. The molecule has 0 aliphatic carbocycles. The normalized spacial score (nSPS) is 13.6. The third-order valence-corrected chi connectivity index (χ3v) is 7.05. The average Bonchev–Trinajstić information content (AvgIpc) is 2.89. The Morgan fingerprint density at radius 1 is 0.784 bits per heavy atom. The molecule has 0 aromatic carbocycles. The minimum Gasteiger partial charge on any atom is -0.463 e. The Balaban J connectivity index is 0. The average molecular weight is 555 g/mol. The van der Waals surface area contributed by atoms with Crippen LogP contribution in [0.15, 0.2) is 0 Å². The summed E-state index contributed by atoms with van der Waals surface area (Å²) >= 11 is 0. The van der Waals surface area contributed by atoms with E-state index in [2.05, 4.69) is 41.6 Å². The Bertz CT molecular complexity index is 531. The van der Waals surface area contributed by atoms with E-state index >= 15 is 0 Å². The molecule has 0 aliphatic heterocycles. The highest BCUT2D eigenvalue weighted by Gasteiger charge is 2.22. The smallest absolute Gasteiger partial charge is 0.463 e. The van der Waals surface area contributed by atoms with Crippen LogP contribution in [0.3, 0.4) is 0 Å². The molecular formula is C27H59N2O7P. The highest BCUT2D eigenvalue weighted by molar-refractivity contribution is 7.47. The predicted octanol–water partition coefficient (Wildman–Crippen LogP) is 5.81. The number of ether oxygens (including phenoxy) is 1. The van der Waals surface area contributed by atoms with Crippen LogP contribution in [-0.4, -0.2) is 73.0 Å². The molecule has 0 spiro atoms. The molecule has 0 aliphatic rings. The summed E-state index contributed by atoms with van der Waals surface area (Å²) in [6, 6.07) is 0. The van der Waals surface area contributed by atoms with Crippen molar-refractivity contribution in [1.82, 2.24) is 4.90 Å². The molecule has 2 atom stereocenters. The molecule has 0 fully saturated rings. The summed E-state index contributed by atoms with van der Waals surface area (Å²) in [7, 11) is -4.23. The van der Waals surface area contributed by atoms with Crippen molar-refractivity contribution >= 4 is 13.8 Å². The van der Waals surface area contributed by atoms with Crippen molar-refractivity contribution in [3.05, 3.63) is 0 Å². The third kappa shape index (κ3) is 29.9. The van der Waals surface area contributed by atoms with Crippen LogP contribution in [0.1, 0.15) is 118 Å². The van der Waals surface area contributed by atoms with E-state index in [1.54, 1.807) is 0 Å². The van der Waals surface area contributed by atoms with Crippen LogP contribution in [0.5, 0.6) is 0 Å². The van der Waals surface area contributed by atoms with Crippen LogP contribution in [0.4, 0.5) is 0 Å². The van der Waals surface area contributed by atoms with Crippen LogP contribution >= 0.6 is 7.82 Å². The van der Waals surface area contributed by atoms with Crippen LogP contribution in [0.2, 0.25) is 0 Å². The molecule has 0 saturated carbocycles. The molecule has 37 heavy (non-hydrogen) atoms. The van der Waals surface area contributed by atoms with E-state index in [1.807, 2.05) is 0 Å². The van der Waals surface area contributed by atoms with Gasteiger partial charge in [-0.2, -0.15) is 0 Å². The van der Waals surface area contributed by atoms with Gasteiger partial charge in [-0.1, -0.05) is 105 Å². The van der Waals surface area contributed by atoms with E-state index in [4.69, 9.17) is 10.5 Å². The molecule has 224 valence electrons. The maximum absolute atomic E-state index is 11.7. The second-order valence-electron chi connectivity index (χ2n) is 9.34. The number of carbonyl (C=O) groups is 1. The Hall–Kier alpha value is -0.540. The topological polar surface area (TPSA) is 132 Å². The van der Waals surface area contributed by atoms with Gasteiger partial charge in [0.25, 0.3) is 0 Å². The van der Waals surface area contributed by atoms with Crippen molar-refractivity contribution in [2.24, 2.45) is 5.73 Å². The fourth-order valence-electron chi connectivity index (χ4n) is 3.65. The number of carbonyl (C=O) groups excluding carboxylic acids is 1. The Morgan fingerprint density at radius 2 is 1.24 bits per heavy atom. The number of phosphoric ester groups is 1. The molecule has 0 amide bonds. The van der Waals surface area contributed by atoms with Gasteiger partial charge in [-0.25, -0.2) is 4.57 Å². The fourth-order valence-corrected chi connectivity index (χ4v) is 4.42. The van der Waals surface area contributed by atoms with Gasteiger partial charge in [-0.3, -0.25) is 13.8 Å². The third-order valence-electron chi connectivity index (χ3n) is 6.07. The molecule has 0 saturated heterocycles. The number of unbranched alkanes of at least 4 members (excludes halogenated alkanes) is 12. The molecular weight excluding hydrogens is 495 g/mol. The van der Waals surface area contributed by atoms with Gasteiger partial charge < -0.3 is 25.4 Å². The van der Waals surface area contributed by atoms with Crippen LogP contribution in [0.25, 0.3) is 0 Å². The van der Waals surface area contributed by atoms with Gasteiger partial charge in [0, 0.05) is 13.0 Å². The van der Waals surface area contributed by atoms with Crippen LogP contribution < -0.4 is 5.73 Å². The second kappa shape index (κ2) is 28.5. The molecule has 0 aromatic heterocycles. The lowest BCUT2D eigenvalue weighted by atomic mass is 10.0. The summed E-state index contributed by atoms with van der Waals surface area (Å²) in [5.74, 6) is -0.385. The first-order chi connectivity index (χ1) is 17.8. The molecule has 10 heteroatoms. The van der Waals surface area contributed by atoms with Crippen LogP contribution in [0, 0.1) is 0 Å². The number of nitrogens with two attached hydrogens (primary N) is 1. The minimum atomic E-state index is -4.23. The predicted molar refractivity (Wildman–Crippen MR) is 152 cm³/mol. The van der Waals surface area contributed by atoms with Crippen molar-refractivity contribution in [1.29, 1.82) is 0 Å². The lowest BCUT2D eigenvalue weighted by Gasteiger charge is -2.15. The van der Waals surface area contributed by atoms with Gasteiger partial charge in [0.1, 0.15) is 12.7 Å². The molecule has 0 bridgehead atoms. The zero-order valence-corrected chi connectivity index (χ0v) is 25.2. The fraction of sp³-hybridized carbons (Fsp3) is 0.963. The lowest BCUT2D eigenvalue weighted by Crippen LogP contribution is -2.23. The maximum Gasteiger partial charge on any atom is 0.472 e. The number of nitrogens with zero attached hydrogens (tertiary/aromatic N) is 1. The van der Waals surface area contributed by atoms with Gasteiger partial charge in [0.05, 0.1) is 13.2 Å². The molecule has 0 heterocycles. The first kappa shape index (κ1) is 38.6. The van der Waals surface area contributed by atoms with Gasteiger partial charge in [0.15, 0.2) is 0 Å². The number of rotatable bonds is 25. The van der Waals surface area contributed by atoms with Gasteiger partial charge >= 0.3 is 13.8 Å². The number of phosphoric acid groups is 1.